The summed E-state index contributed by atoms with van der Waals surface area (Å²) in [5, 5.41) is 6.98. The number of nitrogens with one attached hydrogen (secondary N) is 1. The molecule has 1 fully saturated rings. The summed E-state index contributed by atoms with van der Waals surface area (Å²) in [6.07, 6.45) is 0. The Morgan fingerprint density at radius 2 is 1.81 bits per heavy atom. The number of ketones is 1. The number of Topliss-reactive ketones (excluding diaryl/α,β-unsaturated/α-hetero) is 1. The second kappa shape index (κ2) is 7.92. The summed E-state index contributed by atoms with van der Waals surface area (Å²) >= 11 is 0. The Bertz CT molecular complexity index is 854. The van der Waals surface area contributed by atoms with E-state index in [4.69, 9.17) is 4.74 Å². The van der Waals surface area contributed by atoms with Crippen LogP contribution >= 0.6 is 0 Å². The zero-order chi connectivity index (χ0) is 18.5. The van der Waals surface area contributed by atoms with Crippen LogP contribution in [-0.2, 0) is 16.1 Å². The second-order valence-corrected chi connectivity index (χ2v) is 5.97. The number of hydrogen-bond acceptors (Lipinski definition) is 6. The van der Waals surface area contributed by atoms with Gasteiger partial charge in [0.2, 0.25) is 5.91 Å². The van der Waals surface area contributed by atoms with Crippen LogP contribution in [0.3, 0.4) is 0 Å². The lowest BCUT2D eigenvalue weighted by molar-refractivity contribution is -0.117. The van der Waals surface area contributed by atoms with Gasteiger partial charge in [-0.2, -0.15) is 5.10 Å². The molecule has 1 aromatic heterocycles. The Labute approximate surface area is 150 Å². The van der Waals surface area contributed by atoms with Crippen molar-refractivity contribution in [2.45, 2.75) is 13.5 Å². The normalized spacial score (nSPS) is 14.1. The maximum Gasteiger partial charge on any atom is 0.267 e. The number of carbonyl (C=O) groups excluding carboxylic acids is 2. The maximum atomic E-state index is 12.2. The van der Waals surface area contributed by atoms with Gasteiger partial charge in [0.1, 0.15) is 12.4 Å². The summed E-state index contributed by atoms with van der Waals surface area (Å²) in [6.45, 7) is 3.90. The van der Waals surface area contributed by atoms with E-state index in [9.17, 15) is 14.4 Å². The van der Waals surface area contributed by atoms with Gasteiger partial charge in [0.05, 0.1) is 13.2 Å². The van der Waals surface area contributed by atoms with Gasteiger partial charge in [-0.15, -0.1) is 0 Å². The lowest BCUT2D eigenvalue weighted by Gasteiger charge is -2.27. The number of amides is 1. The highest BCUT2D eigenvalue weighted by Gasteiger charge is 2.14. The van der Waals surface area contributed by atoms with Crippen LogP contribution in [0.25, 0.3) is 0 Å². The third kappa shape index (κ3) is 4.34. The molecule has 0 aliphatic carbocycles. The molecule has 3 rings (SSSR count). The number of hydrogen-bond donors (Lipinski definition) is 1. The highest BCUT2D eigenvalue weighted by molar-refractivity contribution is 5.95. The van der Waals surface area contributed by atoms with Gasteiger partial charge in [-0.1, -0.05) is 0 Å². The molecule has 2 aromatic rings. The summed E-state index contributed by atoms with van der Waals surface area (Å²) in [5.41, 5.74) is 0.778. The minimum Gasteiger partial charge on any atom is -0.378 e. The van der Waals surface area contributed by atoms with Gasteiger partial charge in [0, 0.05) is 30.4 Å². The number of carbonyl (C=O) groups is 2. The van der Waals surface area contributed by atoms with E-state index in [1.165, 1.54) is 13.0 Å². The number of anilines is 2. The molecule has 8 heteroatoms. The average molecular weight is 356 g/mol. The van der Waals surface area contributed by atoms with Crippen LogP contribution in [-0.4, -0.2) is 47.8 Å². The van der Waals surface area contributed by atoms with Crippen molar-refractivity contribution in [2.24, 2.45) is 0 Å². The first kappa shape index (κ1) is 17.8. The average Bonchev–Trinajstić information content (AvgIpc) is 2.64. The monoisotopic (exact) mass is 356 g/mol. The molecule has 0 unspecified atom stereocenters. The maximum absolute atomic E-state index is 12.2. The zero-order valence-corrected chi connectivity index (χ0v) is 14.5. The molecule has 1 aliphatic rings. The summed E-state index contributed by atoms with van der Waals surface area (Å²) in [6, 6.07) is 9.64. The van der Waals surface area contributed by atoms with E-state index in [1.807, 2.05) is 4.90 Å². The lowest BCUT2D eigenvalue weighted by atomic mass is 10.1. The molecule has 1 amide bonds. The number of aromatic nitrogens is 2. The van der Waals surface area contributed by atoms with Gasteiger partial charge in [-0.3, -0.25) is 14.4 Å². The molecule has 8 nitrogen and oxygen atoms in total. The Balaban J connectivity index is 1.68. The molecule has 0 atom stereocenters. The number of morpholine rings is 1. The van der Waals surface area contributed by atoms with Crippen molar-refractivity contribution < 1.29 is 14.3 Å². The van der Waals surface area contributed by atoms with E-state index in [-0.39, 0.29) is 23.8 Å². The van der Waals surface area contributed by atoms with E-state index in [0.29, 0.717) is 43.4 Å². The molecule has 0 bridgehead atoms. The topological polar surface area (TPSA) is 93.5 Å². The first-order chi connectivity index (χ1) is 12.5. The van der Waals surface area contributed by atoms with Gasteiger partial charge in [-0.05, 0) is 37.3 Å². The third-order valence-electron chi connectivity index (χ3n) is 4.06. The van der Waals surface area contributed by atoms with Gasteiger partial charge in [0.25, 0.3) is 5.56 Å². The Morgan fingerprint density at radius 3 is 2.46 bits per heavy atom. The predicted molar refractivity (Wildman–Crippen MR) is 96.6 cm³/mol. The summed E-state index contributed by atoms with van der Waals surface area (Å²) < 4.78 is 6.45. The van der Waals surface area contributed by atoms with E-state index < -0.39 is 0 Å². The first-order valence-corrected chi connectivity index (χ1v) is 8.34. The lowest BCUT2D eigenvalue weighted by Crippen LogP contribution is -2.38. The molecule has 136 valence electrons. The Hall–Kier alpha value is -3.00. The smallest absolute Gasteiger partial charge is 0.267 e. The predicted octanol–water partition coefficient (Wildman–Crippen LogP) is 0.921. The molecule has 1 N–H and O–H groups in total. The van der Waals surface area contributed by atoms with E-state index in [0.717, 1.165) is 4.68 Å². The van der Waals surface area contributed by atoms with E-state index >= 15 is 0 Å². The molecular formula is C18H20N4O4. The van der Waals surface area contributed by atoms with Gasteiger partial charge in [-0.25, -0.2) is 4.68 Å². The third-order valence-corrected chi connectivity index (χ3v) is 4.06. The van der Waals surface area contributed by atoms with E-state index in [1.54, 1.807) is 30.3 Å². The SMILES string of the molecule is CC(=O)c1ccc(NC(=O)Cn2nc(N3CCOCC3)ccc2=O)cc1. The molecule has 0 spiro atoms. The fraction of sp³-hybridized carbons (Fsp3) is 0.333. The molecule has 1 aromatic carbocycles. The zero-order valence-electron chi connectivity index (χ0n) is 14.5. The number of rotatable bonds is 5. The summed E-state index contributed by atoms with van der Waals surface area (Å²) in [4.78, 5) is 37.5. The highest BCUT2D eigenvalue weighted by Crippen LogP contribution is 2.11. The minimum atomic E-state index is -0.366. The van der Waals surface area contributed by atoms with Crippen LogP contribution in [0.5, 0.6) is 0 Å². The van der Waals surface area contributed by atoms with Gasteiger partial charge >= 0.3 is 0 Å². The molecule has 1 saturated heterocycles. The minimum absolute atomic E-state index is 0.0430. The van der Waals surface area contributed by atoms with Crippen LogP contribution in [0.15, 0.2) is 41.2 Å². The van der Waals surface area contributed by atoms with Crippen molar-refractivity contribution in [1.82, 2.24) is 9.78 Å². The quantitative estimate of drug-likeness (QED) is 0.801. The molecule has 1 aliphatic heterocycles. The second-order valence-electron chi connectivity index (χ2n) is 5.97. The van der Waals surface area contributed by atoms with Crippen molar-refractivity contribution >= 4 is 23.2 Å². The standard InChI is InChI=1S/C18H20N4O4/c1-13(23)14-2-4-15(5-3-14)19-17(24)12-22-18(25)7-6-16(20-22)21-8-10-26-11-9-21/h2-7H,8-12H2,1H3,(H,19,24). The fourth-order valence-corrected chi connectivity index (χ4v) is 2.64. The molecular weight excluding hydrogens is 336 g/mol. The van der Waals surface area contributed by atoms with Crippen molar-refractivity contribution in [3.05, 3.63) is 52.3 Å². The van der Waals surface area contributed by atoms with Gasteiger partial charge < -0.3 is 15.0 Å². The van der Waals surface area contributed by atoms with Crippen LogP contribution in [0.4, 0.5) is 11.5 Å². The number of benzene rings is 1. The van der Waals surface area contributed by atoms with Crippen LogP contribution < -0.4 is 15.8 Å². The summed E-state index contributed by atoms with van der Waals surface area (Å²) in [5.74, 6) is 0.236. The van der Waals surface area contributed by atoms with E-state index in [2.05, 4.69) is 10.4 Å². The van der Waals surface area contributed by atoms with Crippen molar-refractivity contribution in [2.75, 3.05) is 36.5 Å². The van der Waals surface area contributed by atoms with Crippen molar-refractivity contribution in [3.63, 3.8) is 0 Å². The summed E-state index contributed by atoms with van der Waals surface area (Å²) in [7, 11) is 0. The molecule has 2 heterocycles. The largest absolute Gasteiger partial charge is 0.378 e. The van der Waals surface area contributed by atoms with Gasteiger partial charge in [0.15, 0.2) is 5.78 Å². The Morgan fingerprint density at radius 1 is 1.12 bits per heavy atom. The number of nitrogens with zero attached hydrogens (tertiary/aromatic N) is 3. The van der Waals surface area contributed by atoms with Crippen LogP contribution in [0, 0.1) is 0 Å². The van der Waals surface area contributed by atoms with Crippen molar-refractivity contribution in [1.29, 1.82) is 0 Å². The highest BCUT2D eigenvalue weighted by atomic mass is 16.5. The fourth-order valence-electron chi connectivity index (χ4n) is 2.64. The van der Waals surface area contributed by atoms with Crippen LogP contribution in [0.1, 0.15) is 17.3 Å². The Kier molecular flexibility index (Phi) is 5.43. The first-order valence-electron chi connectivity index (χ1n) is 8.34. The van der Waals surface area contributed by atoms with Crippen molar-refractivity contribution in [3.8, 4) is 0 Å². The number of ether oxygens (including phenoxy) is 1. The van der Waals surface area contributed by atoms with Crippen LogP contribution in [0.2, 0.25) is 0 Å². The molecule has 0 radical (unpaired) electrons. The molecule has 0 saturated carbocycles. The molecule has 26 heavy (non-hydrogen) atoms.